The van der Waals surface area contributed by atoms with Crippen molar-refractivity contribution in [2.75, 3.05) is 38.2 Å². The number of hydrogen-bond donors (Lipinski definition) is 1. The first-order valence-corrected chi connectivity index (χ1v) is 16.3. The summed E-state index contributed by atoms with van der Waals surface area (Å²) in [6.45, 7) is 2.82. The van der Waals surface area contributed by atoms with Crippen molar-refractivity contribution in [2.45, 2.75) is 73.8 Å². The number of amides is 1. The molecule has 1 N–H and O–H groups in total. The Kier molecular flexibility index (Phi) is 6.39. The van der Waals surface area contributed by atoms with E-state index < -0.39 is 43.3 Å². The van der Waals surface area contributed by atoms with E-state index in [1.807, 2.05) is 0 Å². The number of hydrogen-bond acceptors (Lipinski definition) is 9. The number of rotatable bonds is 9. The van der Waals surface area contributed by atoms with E-state index in [9.17, 15) is 22.0 Å². The molecule has 0 unspecified atom stereocenters. The topological polar surface area (TPSA) is 122 Å². The van der Waals surface area contributed by atoms with Crippen molar-refractivity contribution in [3.63, 3.8) is 0 Å². The van der Waals surface area contributed by atoms with Crippen LogP contribution in [0.25, 0.3) is 16.3 Å². The quantitative estimate of drug-likeness (QED) is 0.384. The Labute approximate surface area is 244 Å². The standard InChI is InChI=1S/C26H30F3N7O4S2/c1-25(5-6-25)33-42(38,39)15-13-36-19(22-31-32-23(41-22)20(28)29)17(14-3-4-14)30-21(36)18(16(15)27)34-9-11-35(12-10-34)24(37)26(40-2)7-8-26/h13-14,20,33H,3-12H2,1-2H3. The van der Waals surface area contributed by atoms with Crippen LogP contribution in [0.15, 0.2) is 11.1 Å². The molecule has 0 radical (unpaired) electrons. The monoisotopic (exact) mass is 625 g/mol. The SMILES string of the molecule is COC1(C(=O)N2CCN(c3c(F)c(S(=O)(=O)NC4(C)CC4)cn4c(-c5nnc(C(F)F)s5)c(C5CC5)nc34)CC2)CC1. The van der Waals surface area contributed by atoms with E-state index in [0.29, 0.717) is 61.5 Å². The Morgan fingerprint density at radius 1 is 1.14 bits per heavy atom. The average molecular weight is 626 g/mol. The number of imidazole rings is 1. The summed E-state index contributed by atoms with van der Waals surface area (Å²) in [4.78, 5) is 20.7. The fourth-order valence-electron chi connectivity index (χ4n) is 5.58. The van der Waals surface area contributed by atoms with Gasteiger partial charge in [-0.15, -0.1) is 10.2 Å². The average Bonchev–Trinajstić information content (AvgIpc) is 3.91. The third-order valence-corrected chi connectivity index (χ3v) is 11.2. The number of aromatic nitrogens is 4. The summed E-state index contributed by atoms with van der Waals surface area (Å²) in [6.07, 6.45) is 2.54. The highest BCUT2D eigenvalue weighted by Gasteiger charge is 2.53. The molecule has 226 valence electrons. The summed E-state index contributed by atoms with van der Waals surface area (Å²) in [5, 5.41) is 7.31. The molecule has 7 rings (SSSR count). The lowest BCUT2D eigenvalue weighted by Gasteiger charge is -2.37. The number of ether oxygens (including phenoxy) is 1. The van der Waals surface area contributed by atoms with Gasteiger partial charge in [0.2, 0.25) is 10.0 Å². The van der Waals surface area contributed by atoms with Gasteiger partial charge in [0.05, 0.1) is 5.69 Å². The predicted octanol–water partition coefficient (Wildman–Crippen LogP) is 3.47. The molecule has 1 saturated heterocycles. The van der Waals surface area contributed by atoms with Gasteiger partial charge in [-0.2, -0.15) is 0 Å². The fraction of sp³-hybridized carbons (Fsp3) is 0.615. The van der Waals surface area contributed by atoms with Gasteiger partial charge in [-0.1, -0.05) is 11.3 Å². The van der Waals surface area contributed by atoms with Crippen LogP contribution in [0.1, 0.15) is 68.5 Å². The van der Waals surface area contributed by atoms with Crippen LogP contribution in [-0.4, -0.2) is 83.2 Å². The van der Waals surface area contributed by atoms with Crippen molar-refractivity contribution in [2.24, 2.45) is 0 Å². The van der Waals surface area contributed by atoms with E-state index in [2.05, 4.69) is 14.9 Å². The highest BCUT2D eigenvalue weighted by atomic mass is 32.2. The molecule has 0 bridgehead atoms. The van der Waals surface area contributed by atoms with E-state index in [4.69, 9.17) is 9.72 Å². The Hall–Kier alpha value is -2.82. The molecule has 4 heterocycles. The number of anilines is 1. The fourth-order valence-corrected chi connectivity index (χ4v) is 7.87. The van der Waals surface area contributed by atoms with Crippen LogP contribution in [0, 0.1) is 5.82 Å². The minimum Gasteiger partial charge on any atom is -0.368 e. The summed E-state index contributed by atoms with van der Waals surface area (Å²) in [7, 11) is -2.80. The second kappa shape index (κ2) is 9.59. The molecule has 4 aliphatic rings. The van der Waals surface area contributed by atoms with Crippen molar-refractivity contribution in [3.05, 3.63) is 22.7 Å². The van der Waals surface area contributed by atoms with Gasteiger partial charge < -0.3 is 14.5 Å². The number of methoxy groups -OCH3 is 1. The van der Waals surface area contributed by atoms with Gasteiger partial charge in [0.1, 0.15) is 21.9 Å². The number of alkyl halides is 2. The third-order valence-electron chi connectivity index (χ3n) is 8.65. The molecular weight excluding hydrogens is 595 g/mol. The van der Waals surface area contributed by atoms with Crippen LogP contribution in [0.5, 0.6) is 0 Å². The molecular formula is C26H30F3N7O4S2. The van der Waals surface area contributed by atoms with E-state index in [0.717, 1.165) is 12.8 Å². The number of carbonyl (C=O) groups excluding carboxylic acids is 1. The maximum absolute atomic E-state index is 16.5. The Morgan fingerprint density at radius 3 is 2.38 bits per heavy atom. The number of sulfonamides is 1. The van der Waals surface area contributed by atoms with E-state index >= 15 is 4.39 Å². The molecule has 3 aromatic heterocycles. The second-order valence-electron chi connectivity index (χ2n) is 11.9. The highest BCUT2D eigenvalue weighted by molar-refractivity contribution is 7.89. The van der Waals surface area contributed by atoms with Gasteiger partial charge in [0.25, 0.3) is 12.3 Å². The van der Waals surface area contributed by atoms with Gasteiger partial charge in [-0.3, -0.25) is 9.20 Å². The molecule has 0 aromatic carbocycles. The Morgan fingerprint density at radius 2 is 1.83 bits per heavy atom. The van der Waals surface area contributed by atoms with E-state index in [1.54, 1.807) is 16.7 Å². The Bertz CT molecular complexity index is 1690. The van der Waals surface area contributed by atoms with Gasteiger partial charge in [-0.05, 0) is 45.4 Å². The van der Waals surface area contributed by atoms with Gasteiger partial charge in [0.15, 0.2) is 21.5 Å². The number of piperazine rings is 1. The number of nitrogens with one attached hydrogen (secondary N) is 1. The molecule has 4 fully saturated rings. The van der Waals surface area contributed by atoms with Crippen LogP contribution < -0.4 is 9.62 Å². The van der Waals surface area contributed by atoms with Crippen LogP contribution >= 0.6 is 11.3 Å². The lowest BCUT2D eigenvalue weighted by Crippen LogP contribution is -2.52. The zero-order chi connectivity index (χ0) is 29.6. The van der Waals surface area contributed by atoms with Crippen LogP contribution in [0.3, 0.4) is 0 Å². The first-order valence-electron chi connectivity index (χ1n) is 14.0. The number of pyridine rings is 1. The van der Waals surface area contributed by atoms with Crippen LogP contribution in [0.4, 0.5) is 18.9 Å². The molecule has 1 aliphatic heterocycles. The van der Waals surface area contributed by atoms with Crippen molar-refractivity contribution in [3.8, 4) is 10.7 Å². The molecule has 11 nitrogen and oxygen atoms in total. The first kappa shape index (κ1) is 28.0. The maximum Gasteiger partial charge on any atom is 0.291 e. The summed E-state index contributed by atoms with van der Waals surface area (Å²) in [5.74, 6) is -1.03. The molecule has 42 heavy (non-hydrogen) atoms. The van der Waals surface area contributed by atoms with Crippen LogP contribution in [0.2, 0.25) is 0 Å². The van der Waals surface area contributed by atoms with Crippen molar-refractivity contribution >= 4 is 38.6 Å². The summed E-state index contributed by atoms with van der Waals surface area (Å²) < 4.78 is 80.1. The number of carbonyl (C=O) groups is 1. The van der Waals surface area contributed by atoms with Gasteiger partial charge >= 0.3 is 0 Å². The molecule has 0 spiro atoms. The smallest absolute Gasteiger partial charge is 0.291 e. The highest BCUT2D eigenvalue weighted by Crippen LogP contribution is 2.47. The third kappa shape index (κ3) is 4.66. The molecule has 3 aliphatic carbocycles. The normalized spacial score (nSPS) is 21.4. The summed E-state index contributed by atoms with van der Waals surface area (Å²) >= 11 is 0.704. The van der Waals surface area contributed by atoms with Crippen LogP contribution in [-0.2, 0) is 19.6 Å². The Balaban J connectivity index is 1.35. The zero-order valence-corrected chi connectivity index (χ0v) is 24.7. The summed E-state index contributed by atoms with van der Waals surface area (Å²) in [5.41, 5.74) is -0.384. The molecule has 3 saturated carbocycles. The van der Waals surface area contributed by atoms with Crippen molar-refractivity contribution in [1.29, 1.82) is 0 Å². The van der Waals surface area contributed by atoms with Gasteiger partial charge in [-0.25, -0.2) is 31.3 Å². The second-order valence-corrected chi connectivity index (χ2v) is 14.5. The predicted molar refractivity (Wildman–Crippen MR) is 147 cm³/mol. The lowest BCUT2D eigenvalue weighted by atomic mass is 10.2. The first-order chi connectivity index (χ1) is 20.0. The largest absolute Gasteiger partial charge is 0.368 e. The van der Waals surface area contributed by atoms with Gasteiger partial charge in [0, 0.05) is 50.9 Å². The number of fused-ring (bicyclic) bond motifs is 1. The lowest BCUT2D eigenvalue weighted by molar-refractivity contribution is -0.144. The van der Waals surface area contributed by atoms with E-state index in [1.165, 1.54) is 17.7 Å². The number of halogens is 3. The minimum atomic E-state index is -4.31. The van der Waals surface area contributed by atoms with E-state index in [-0.39, 0.29) is 41.3 Å². The molecule has 3 aromatic rings. The van der Waals surface area contributed by atoms with Crippen molar-refractivity contribution < 1.29 is 31.1 Å². The summed E-state index contributed by atoms with van der Waals surface area (Å²) in [6, 6.07) is 0. The maximum atomic E-state index is 16.5. The minimum absolute atomic E-state index is 0.00875. The zero-order valence-electron chi connectivity index (χ0n) is 23.1. The molecule has 16 heteroatoms. The molecule has 0 atom stereocenters. The molecule has 1 amide bonds. The number of nitrogens with zero attached hydrogens (tertiary/aromatic N) is 6. The van der Waals surface area contributed by atoms with Crippen molar-refractivity contribution in [1.82, 2.24) is 29.2 Å².